The lowest BCUT2D eigenvalue weighted by Gasteiger charge is -2.34. The van der Waals surface area contributed by atoms with Crippen molar-refractivity contribution in [1.29, 1.82) is 0 Å². The molecule has 1 atom stereocenters. The smallest absolute Gasteiger partial charge is 0.286 e. The Balaban J connectivity index is 0.00000420. The highest BCUT2D eigenvalue weighted by molar-refractivity contribution is 7.99. The third-order valence-corrected chi connectivity index (χ3v) is 5.91. The number of carbonyl (C=O) groups excluding carboxylic acids is 2. The van der Waals surface area contributed by atoms with Gasteiger partial charge in [-0.15, -0.1) is 22.6 Å². The Kier molecular flexibility index (Phi) is 11.8. The normalized spacial score (nSPS) is 16.3. The molecule has 29 heavy (non-hydrogen) atoms. The van der Waals surface area contributed by atoms with Gasteiger partial charge in [0.15, 0.2) is 0 Å². The predicted octanol–water partition coefficient (Wildman–Crippen LogP) is 3.92. The van der Waals surface area contributed by atoms with Crippen molar-refractivity contribution in [3.05, 3.63) is 5.89 Å². The number of thioether (sulfide) groups is 1. The van der Waals surface area contributed by atoms with E-state index in [1.807, 2.05) is 14.1 Å². The minimum absolute atomic E-state index is 0. The van der Waals surface area contributed by atoms with Crippen LogP contribution in [0.2, 0.25) is 0 Å². The summed E-state index contributed by atoms with van der Waals surface area (Å²) in [6.45, 7) is 5.01. The van der Waals surface area contributed by atoms with Crippen LogP contribution in [0.25, 0.3) is 0 Å². The van der Waals surface area contributed by atoms with Crippen molar-refractivity contribution >= 4 is 36.4 Å². The molecule has 1 aromatic rings. The summed E-state index contributed by atoms with van der Waals surface area (Å²) < 4.78 is 5.63. The molecular weight excluding hydrogens is 412 g/mol. The molecular formula is C20H35ClN4O3S. The first kappa shape index (κ1) is 25.9. The van der Waals surface area contributed by atoms with E-state index in [9.17, 15) is 9.59 Å². The van der Waals surface area contributed by atoms with Gasteiger partial charge in [0.2, 0.25) is 12.2 Å². The molecule has 1 aliphatic carbocycles. The summed E-state index contributed by atoms with van der Waals surface area (Å²) in [6.07, 6.45) is 7.96. The summed E-state index contributed by atoms with van der Waals surface area (Å²) in [5.41, 5.74) is 0. The molecule has 1 aromatic heterocycles. The zero-order chi connectivity index (χ0) is 20.5. The van der Waals surface area contributed by atoms with E-state index >= 15 is 0 Å². The van der Waals surface area contributed by atoms with Crippen molar-refractivity contribution in [2.24, 2.45) is 5.92 Å². The Bertz CT molecular complexity index is 619. The molecule has 1 amide bonds. The van der Waals surface area contributed by atoms with E-state index in [0.29, 0.717) is 11.6 Å². The average molecular weight is 447 g/mol. The number of carbonyl (C=O) groups is 2. The van der Waals surface area contributed by atoms with Crippen LogP contribution in [-0.2, 0) is 4.79 Å². The van der Waals surface area contributed by atoms with Crippen LogP contribution >= 0.6 is 24.2 Å². The SMILES string of the molecule is CC(C)CC(C(=O)c1nnc(SCCN(C)C)o1)N(C=O)C1CCCCCC1.Cl. The maximum absolute atomic E-state index is 13.2. The lowest BCUT2D eigenvalue weighted by atomic mass is 9.95. The zero-order valence-corrected chi connectivity index (χ0v) is 19.6. The molecule has 7 nitrogen and oxygen atoms in total. The molecule has 1 aliphatic rings. The van der Waals surface area contributed by atoms with Crippen molar-refractivity contribution in [2.75, 3.05) is 26.4 Å². The van der Waals surface area contributed by atoms with Crippen LogP contribution in [0.4, 0.5) is 0 Å². The van der Waals surface area contributed by atoms with Crippen molar-refractivity contribution in [2.45, 2.75) is 76.1 Å². The van der Waals surface area contributed by atoms with Gasteiger partial charge in [-0.3, -0.25) is 9.59 Å². The van der Waals surface area contributed by atoms with Crippen LogP contribution in [0.3, 0.4) is 0 Å². The van der Waals surface area contributed by atoms with E-state index in [-0.39, 0.29) is 36.0 Å². The van der Waals surface area contributed by atoms with E-state index in [1.165, 1.54) is 24.6 Å². The Morgan fingerprint density at radius 1 is 1.21 bits per heavy atom. The highest BCUT2D eigenvalue weighted by atomic mass is 35.5. The van der Waals surface area contributed by atoms with Crippen molar-refractivity contribution in [3.8, 4) is 0 Å². The van der Waals surface area contributed by atoms with Gasteiger partial charge in [-0.05, 0) is 39.3 Å². The van der Waals surface area contributed by atoms with E-state index in [1.54, 1.807) is 4.90 Å². The van der Waals surface area contributed by atoms with E-state index < -0.39 is 6.04 Å². The first-order chi connectivity index (χ1) is 13.4. The number of halogens is 1. The molecule has 166 valence electrons. The zero-order valence-electron chi connectivity index (χ0n) is 18.0. The van der Waals surface area contributed by atoms with E-state index in [4.69, 9.17) is 4.42 Å². The van der Waals surface area contributed by atoms with Crippen LogP contribution in [-0.4, -0.2) is 70.7 Å². The van der Waals surface area contributed by atoms with Gasteiger partial charge in [0.05, 0.1) is 0 Å². The van der Waals surface area contributed by atoms with Gasteiger partial charge in [0.1, 0.15) is 6.04 Å². The number of hydrogen-bond donors (Lipinski definition) is 0. The quantitative estimate of drug-likeness (QED) is 0.220. The van der Waals surface area contributed by atoms with Gasteiger partial charge in [-0.25, -0.2) is 0 Å². The maximum Gasteiger partial charge on any atom is 0.286 e. The van der Waals surface area contributed by atoms with Crippen LogP contribution in [0.1, 0.15) is 69.5 Å². The van der Waals surface area contributed by atoms with Crippen molar-refractivity contribution < 1.29 is 14.0 Å². The number of nitrogens with zero attached hydrogens (tertiary/aromatic N) is 4. The molecule has 1 heterocycles. The van der Waals surface area contributed by atoms with Gasteiger partial charge >= 0.3 is 0 Å². The number of ketones is 1. The Morgan fingerprint density at radius 3 is 2.41 bits per heavy atom. The molecule has 0 radical (unpaired) electrons. The first-order valence-electron chi connectivity index (χ1n) is 10.3. The summed E-state index contributed by atoms with van der Waals surface area (Å²) >= 11 is 1.44. The molecule has 1 fully saturated rings. The Morgan fingerprint density at radius 2 is 1.86 bits per heavy atom. The van der Waals surface area contributed by atoms with Gasteiger partial charge < -0.3 is 14.2 Å². The maximum atomic E-state index is 13.2. The number of rotatable bonds is 11. The highest BCUT2D eigenvalue weighted by Gasteiger charge is 2.34. The fourth-order valence-electron chi connectivity index (χ4n) is 3.61. The number of Topliss-reactive ketones (excluding diaryl/α,β-unsaturated/α-hetero) is 1. The number of aromatic nitrogens is 2. The van der Waals surface area contributed by atoms with Gasteiger partial charge in [-0.1, -0.05) is 51.3 Å². The minimum atomic E-state index is -0.541. The first-order valence-corrected chi connectivity index (χ1v) is 11.3. The third kappa shape index (κ3) is 8.26. The standard InChI is InChI=1S/C20H34N4O3S.ClH/c1-15(2)13-17(24(14-25)16-9-7-5-6-8-10-16)18(26)19-21-22-20(27-19)28-12-11-23(3)4;/h14-17H,5-13H2,1-4H3;1H. The van der Waals surface area contributed by atoms with Crippen LogP contribution in [0.5, 0.6) is 0 Å². The molecule has 2 rings (SSSR count). The van der Waals surface area contributed by atoms with Gasteiger partial charge in [0.25, 0.3) is 11.1 Å². The third-order valence-electron chi connectivity index (χ3n) is 5.11. The number of hydrogen-bond acceptors (Lipinski definition) is 7. The second kappa shape index (κ2) is 13.2. The summed E-state index contributed by atoms with van der Waals surface area (Å²) in [4.78, 5) is 29.0. The molecule has 0 bridgehead atoms. The highest BCUT2D eigenvalue weighted by Crippen LogP contribution is 2.26. The predicted molar refractivity (Wildman–Crippen MR) is 118 cm³/mol. The topological polar surface area (TPSA) is 79.5 Å². The van der Waals surface area contributed by atoms with Crippen molar-refractivity contribution in [3.63, 3.8) is 0 Å². The van der Waals surface area contributed by atoms with Gasteiger partial charge in [0, 0.05) is 18.3 Å². The average Bonchev–Trinajstić information content (AvgIpc) is 2.95. The fourth-order valence-corrected chi connectivity index (χ4v) is 4.47. The van der Waals surface area contributed by atoms with E-state index in [2.05, 4.69) is 28.9 Å². The fraction of sp³-hybridized carbons (Fsp3) is 0.800. The molecule has 0 aromatic carbocycles. The molecule has 1 unspecified atom stereocenters. The van der Waals surface area contributed by atoms with Crippen molar-refractivity contribution in [1.82, 2.24) is 20.0 Å². The lowest BCUT2D eigenvalue weighted by Crippen LogP contribution is -2.47. The van der Waals surface area contributed by atoms with Gasteiger partial charge in [-0.2, -0.15) is 0 Å². The van der Waals surface area contributed by atoms with Crippen LogP contribution in [0, 0.1) is 5.92 Å². The van der Waals surface area contributed by atoms with Crippen LogP contribution < -0.4 is 0 Å². The second-order valence-electron chi connectivity index (χ2n) is 8.23. The monoisotopic (exact) mass is 446 g/mol. The molecule has 0 aliphatic heterocycles. The molecule has 0 saturated heterocycles. The van der Waals surface area contributed by atoms with Crippen LogP contribution in [0.15, 0.2) is 9.64 Å². The molecule has 0 spiro atoms. The molecule has 9 heteroatoms. The summed E-state index contributed by atoms with van der Waals surface area (Å²) in [5.74, 6) is 0.857. The molecule has 1 saturated carbocycles. The summed E-state index contributed by atoms with van der Waals surface area (Å²) in [5, 5.41) is 8.39. The summed E-state index contributed by atoms with van der Waals surface area (Å²) in [6, 6.07) is -0.426. The second-order valence-corrected chi connectivity index (χ2v) is 9.28. The lowest BCUT2D eigenvalue weighted by molar-refractivity contribution is -0.122. The minimum Gasteiger partial charge on any atom is -0.408 e. The Labute approximate surface area is 184 Å². The summed E-state index contributed by atoms with van der Waals surface area (Å²) in [7, 11) is 4.00. The Hall–Kier alpha value is -1.12. The van der Waals surface area contributed by atoms with E-state index in [0.717, 1.165) is 44.4 Å². The number of amides is 1. The largest absolute Gasteiger partial charge is 0.408 e. The molecule has 0 N–H and O–H groups in total.